The first kappa shape index (κ1) is 22.6. The Morgan fingerprint density at radius 3 is 2.52 bits per heavy atom. The van der Waals surface area contributed by atoms with E-state index in [9.17, 15) is 18.0 Å². The topological polar surface area (TPSA) is 42.4 Å². The van der Waals surface area contributed by atoms with Gasteiger partial charge >= 0.3 is 6.18 Å². The fourth-order valence-electron chi connectivity index (χ4n) is 2.82. The van der Waals surface area contributed by atoms with E-state index in [2.05, 4.69) is 4.98 Å². The van der Waals surface area contributed by atoms with Crippen LogP contribution in [0.4, 0.5) is 13.2 Å². The lowest BCUT2D eigenvalue weighted by molar-refractivity contribution is -0.137. The molecule has 0 radical (unpaired) electrons. The molecule has 31 heavy (non-hydrogen) atoms. The molecule has 0 atom stereocenters. The summed E-state index contributed by atoms with van der Waals surface area (Å²) < 4.78 is 43.8. The third kappa shape index (κ3) is 6.42. The normalized spacial score (nSPS) is 11.6. The molecule has 0 saturated carbocycles. The maximum Gasteiger partial charge on any atom is 0.416 e. The second-order valence-corrected chi connectivity index (χ2v) is 7.97. The summed E-state index contributed by atoms with van der Waals surface area (Å²) in [6.07, 6.45) is -1.30. The highest BCUT2D eigenvalue weighted by atomic mass is 32.1. The smallest absolute Gasteiger partial charge is 0.416 e. The molecule has 0 N–H and O–H groups in total. The molecule has 162 valence electrons. The molecule has 0 aliphatic carbocycles. The number of nitrogens with zero attached hydrogens (tertiary/aromatic N) is 2. The van der Waals surface area contributed by atoms with Crippen molar-refractivity contribution in [3.05, 3.63) is 87.4 Å². The van der Waals surface area contributed by atoms with Gasteiger partial charge in [0.05, 0.1) is 16.3 Å². The molecule has 0 saturated heterocycles. The number of carbonyl (C=O) groups is 1. The van der Waals surface area contributed by atoms with Gasteiger partial charge in [0.2, 0.25) is 5.91 Å². The zero-order valence-corrected chi connectivity index (χ0v) is 17.8. The number of hydrogen-bond donors (Lipinski definition) is 0. The van der Waals surface area contributed by atoms with Gasteiger partial charge in [-0.2, -0.15) is 13.2 Å². The number of thiazole rings is 1. The molecule has 0 aliphatic heterocycles. The van der Waals surface area contributed by atoms with E-state index in [1.165, 1.54) is 23.1 Å². The largest absolute Gasteiger partial charge is 0.487 e. The van der Waals surface area contributed by atoms with Crippen LogP contribution in [0.5, 0.6) is 5.75 Å². The molecule has 1 heterocycles. The van der Waals surface area contributed by atoms with Crippen LogP contribution in [-0.4, -0.2) is 22.8 Å². The molecule has 1 amide bonds. The monoisotopic (exact) mass is 446 g/mol. The number of alkyl halides is 3. The summed E-state index contributed by atoms with van der Waals surface area (Å²) >= 11 is 1.55. The number of amides is 1. The van der Waals surface area contributed by atoms with E-state index in [0.29, 0.717) is 17.9 Å². The summed E-state index contributed by atoms with van der Waals surface area (Å²) in [6.45, 7) is 2.46. The lowest BCUT2D eigenvalue weighted by Gasteiger charge is -2.16. The van der Waals surface area contributed by atoms with E-state index in [4.69, 9.17) is 4.74 Å². The molecule has 0 fully saturated rings. The van der Waals surface area contributed by atoms with Gasteiger partial charge in [-0.25, -0.2) is 4.98 Å². The van der Waals surface area contributed by atoms with E-state index in [0.717, 1.165) is 28.4 Å². The SMILES string of the molecule is Cc1nc(COc2ccccc2/C=C/C(=O)N(C)Cc2ccc(C(F)(F)F)cc2)cs1. The third-order valence-electron chi connectivity index (χ3n) is 4.44. The van der Waals surface area contributed by atoms with Crippen LogP contribution in [0.15, 0.2) is 60.0 Å². The Morgan fingerprint density at radius 2 is 1.87 bits per heavy atom. The number of hydrogen-bond acceptors (Lipinski definition) is 4. The summed E-state index contributed by atoms with van der Waals surface area (Å²) in [7, 11) is 1.59. The van der Waals surface area contributed by atoms with Crippen molar-refractivity contribution in [3.8, 4) is 5.75 Å². The number of benzene rings is 2. The van der Waals surface area contributed by atoms with Crippen molar-refractivity contribution in [2.75, 3.05) is 7.05 Å². The average molecular weight is 446 g/mol. The fraction of sp³-hybridized carbons (Fsp3) is 0.217. The first-order valence-corrected chi connectivity index (χ1v) is 10.3. The predicted octanol–water partition coefficient (Wildman–Crippen LogP) is 5.72. The number of likely N-dealkylation sites (N-methyl/N-ethyl adjacent to an activating group) is 1. The van der Waals surface area contributed by atoms with Crippen molar-refractivity contribution in [3.63, 3.8) is 0 Å². The molecule has 3 aromatic rings. The second kappa shape index (κ2) is 9.78. The van der Waals surface area contributed by atoms with Gasteiger partial charge in [-0.1, -0.05) is 30.3 Å². The van der Waals surface area contributed by atoms with E-state index < -0.39 is 11.7 Å². The van der Waals surface area contributed by atoms with E-state index in [1.807, 2.05) is 36.6 Å². The lowest BCUT2D eigenvalue weighted by Crippen LogP contribution is -2.24. The number of rotatable bonds is 7. The van der Waals surface area contributed by atoms with Crippen LogP contribution in [0.2, 0.25) is 0 Å². The molecule has 4 nitrogen and oxygen atoms in total. The van der Waals surface area contributed by atoms with Gasteiger partial charge in [0.15, 0.2) is 0 Å². The van der Waals surface area contributed by atoms with Crippen LogP contribution < -0.4 is 4.74 Å². The molecule has 2 aromatic carbocycles. The number of aromatic nitrogens is 1. The van der Waals surface area contributed by atoms with Crippen LogP contribution in [0, 0.1) is 6.92 Å². The Hall–Kier alpha value is -3.13. The van der Waals surface area contributed by atoms with Crippen molar-refractivity contribution in [1.82, 2.24) is 9.88 Å². The Balaban J connectivity index is 1.61. The number of halogens is 3. The molecule has 0 spiro atoms. The van der Waals surface area contributed by atoms with Gasteiger partial charge in [-0.15, -0.1) is 11.3 Å². The Morgan fingerprint density at radius 1 is 1.16 bits per heavy atom. The van der Waals surface area contributed by atoms with Gasteiger partial charge in [-0.05, 0) is 36.8 Å². The minimum Gasteiger partial charge on any atom is -0.487 e. The van der Waals surface area contributed by atoms with Crippen LogP contribution in [0.3, 0.4) is 0 Å². The summed E-state index contributed by atoms with van der Waals surface area (Å²) in [5.41, 5.74) is 1.48. The maximum absolute atomic E-state index is 12.7. The number of carbonyl (C=O) groups excluding carboxylic acids is 1. The third-order valence-corrected chi connectivity index (χ3v) is 5.27. The predicted molar refractivity (Wildman–Crippen MR) is 115 cm³/mol. The standard InChI is InChI=1S/C23H21F3N2O2S/c1-16-27-20(15-31-16)14-30-21-6-4-3-5-18(21)9-12-22(29)28(2)13-17-7-10-19(11-8-17)23(24,25)26/h3-12,15H,13-14H2,1-2H3/b12-9+. The highest BCUT2D eigenvalue weighted by Gasteiger charge is 2.29. The molecule has 0 unspecified atom stereocenters. The van der Waals surface area contributed by atoms with Crippen LogP contribution >= 0.6 is 11.3 Å². The van der Waals surface area contributed by atoms with Crippen molar-refractivity contribution in [2.45, 2.75) is 26.3 Å². The fourth-order valence-corrected chi connectivity index (χ4v) is 3.41. The van der Waals surface area contributed by atoms with Gasteiger partial charge in [0.25, 0.3) is 0 Å². The summed E-state index contributed by atoms with van der Waals surface area (Å²) in [5, 5.41) is 2.90. The average Bonchev–Trinajstić information content (AvgIpc) is 3.16. The quantitative estimate of drug-likeness (QED) is 0.436. The van der Waals surface area contributed by atoms with Gasteiger partial charge in [-0.3, -0.25) is 4.79 Å². The van der Waals surface area contributed by atoms with Crippen LogP contribution in [-0.2, 0) is 24.1 Å². The van der Waals surface area contributed by atoms with E-state index in [1.54, 1.807) is 24.5 Å². The molecular formula is C23H21F3N2O2S. The zero-order valence-electron chi connectivity index (χ0n) is 17.0. The summed E-state index contributed by atoms with van der Waals surface area (Å²) in [5.74, 6) is 0.354. The van der Waals surface area contributed by atoms with Gasteiger partial charge < -0.3 is 9.64 Å². The van der Waals surface area contributed by atoms with Gasteiger partial charge in [0.1, 0.15) is 12.4 Å². The first-order valence-electron chi connectivity index (χ1n) is 9.44. The lowest BCUT2D eigenvalue weighted by atomic mass is 10.1. The summed E-state index contributed by atoms with van der Waals surface area (Å²) in [6, 6.07) is 12.1. The highest BCUT2D eigenvalue weighted by Crippen LogP contribution is 2.29. The van der Waals surface area contributed by atoms with E-state index >= 15 is 0 Å². The summed E-state index contributed by atoms with van der Waals surface area (Å²) in [4.78, 5) is 18.2. The minimum absolute atomic E-state index is 0.197. The minimum atomic E-state index is -4.38. The van der Waals surface area contributed by atoms with Crippen molar-refractivity contribution < 1.29 is 22.7 Å². The number of para-hydroxylation sites is 1. The van der Waals surface area contributed by atoms with Crippen LogP contribution in [0.1, 0.15) is 27.4 Å². The zero-order chi connectivity index (χ0) is 22.4. The Bertz CT molecular complexity index is 1060. The van der Waals surface area contributed by atoms with Gasteiger partial charge in [0, 0.05) is 30.6 Å². The second-order valence-electron chi connectivity index (χ2n) is 6.91. The van der Waals surface area contributed by atoms with Crippen molar-refractivity contribution >= 4 is 23.3 Å². The van der Waals surface area contributed by atoms with Crippen molar-refractivity contribution in [2.24, 2.45) is 0 Å². The maximum atomic E-state index is 12.7. The molecule has 8 heteroatoms. The number of ether oxygens (including phenoxy) is 1. The van der Waals surface area contributed by atoms with E-state index in [-0.39, 0.29) is 12.5 Å². The van der Waals surface area contributed by atoms with Crippen LogP contribution in [0.25, 0.3) is 6.08 Å². The molecule has 3 rings (SSSR count). The Labute approximate surface area is 182 Å². The molecule has 0 bridgehead atoms. The molecular weight excluding hydrogens is 425 g/mol. The number of aryl methyl sites for hydroxylation is 1. The molecule has 1 aromatic heterocycles. The van der Waals surface area contributed by atoms with Crippen molar-refractivity contribution in [1.29, 1.82) is 0 Å². The Kier molecular flexibility index (Phi) is 7.12. The highest BCUT2D eigenvalue weighted by molar-refractivity contribution is 7.09. The first-order chi connectivity index (χ1) is 14.7. The molecule has 0 aliphatic rings.